The summed E-state index contributed by atoms with van der Waals surface area (Å²) < 4.78 is 18.8. The van der Waals surface area contributed by atoms with Crippen LogP contribution in [0.15, 0.2) is 30.3 Å². The van der Waals surface area contributed by atoms with Crippen LogP contribution < -0.4 is 15.0 Å². The van der Waals surface area contributed by atoms with Gasteiger partial charge in [-0.3, -0.25) is 4.79 Å². The number of aryl methyl sites for hydroxylation is 1. The maximum atomic E-state index is 13.1. The van der Waals surface area contributed by atoms with E-state index in [2.05, 4.69) is 20.2 Å². The highest BCUT2D eigenvalue weighted by atomic mass is 19.1. The number of rotatable bonds is 6. The van der Waals surface area contributed by atoms with Gasteiger partial charge in [0.25, 0.3) is 5.91 Å². The van der Waals surface area contributed by atoms with Crippen LogP contribution in [0.25, 0.3) is 0 Å². The summed E-state index contributed by atoms with van der Waals surface area (Å²) in [4.78, 5) is 23.0. The highest BCUT2D eigenvalue weighted by molar-refractivity contribution is 5.94. The molecule has 3 rings (SSSR count). The number of hydrogen-bond donors (Lipinski definition) is 1. The normalized spacial score (nSPS) is 14.2. The minimum absolute atomic E-state index is 0.275. The maximum Gasteiger partial charge on any atom is 0.251 e. The minimum atomic E-state index is -0.435. The van der Waals surface area contributed by atoms with Crippen molar-refractivity contribution in [1.29, 1.82) is 0 Å². The lowest BCUT2D eigenvalue weighted by molar-refractivity contribution is 0.0946. The van der Waals surface area contributed by atoms with Crippen molar-refractivity contribution in [3.05, 3.63) is 47.5 Å². The zero-order valence-corrected chi connectivity index (χ0v) is 14.9. The number of anilines is 1. The smallest absolute Gasteiger partial charge is 0.251 e. The maximum absolute atomic E-state index is 13.1. The van der Waals surface area contributed by atoms with E-state index >= 15 is 0 Å². The monoisotopic (exact) mass is 358 g/mol. The van der Waals surface area contributed by atoms with Gasteiger partial charge in [0.1, 0.15) is 24.1 Å². The third-order valence-electron chi connectivity index (χ3n) is 4.21. The van der Waals surface area contributed by atoms with Crippen LogP contribution in [0.5, 0.6) is 5.88 Å². The summed E-state index contributed by atoms with van der Waals surface area (Å²) >= 11 is 0. The summed E-state index contributed by atoms with van der Waals surface area (Å²) in [5.41, 5.74) is 0.287. The van der Waals surface area contributed by atoms with Gasteiger partial charge in [0.15, 0.2) is 0 Å². The topological polar surface area (TPSA) is 67.3 Å². The zero-order chi connectivity index (χ0) is 18.4. The molecule has 0 radical (unpaired) electrons. The number of piperidine rings is 1. The third kappa shape index (κ3) is 4.91. The first-order valence-electron chi connectivity index (χ1n) is 8.89. The van der Waals surface area contributed by atoms with Gasteiger partial charge in [-0.25, -0.2) is 9.37 Å². The number of ether oxygens (including phenoxy) is 1. The molecule has 0 saturated carbocycles. The second-order valence-corrected chi connectivity index (χ2v) is 6.27. The molecule has 7 heteroatoms. The van der Waals surface area contributed by atoms with Gasteiger partial charge in [-0.15, -0.1) is 0 Å². The molecule has 6 nitrogen and oxygen atoms in total. The molecule has 1 N–H and O–H groups in total. The first kappa shape index (κ1) is 18.1. The molecule has 1 fully saturated rings. The number of nitrogens with zero attached hydrogens (tertiary/aromatic N) is 3. The largest absolute Gasteiger partial charge is 0.476 e. The molecule has 1 saturated heterocycles. The summed E-state index contributed by atoms with van der Waals surface area (Å²) in [5.74, 6) is 1.28. The van der Waals surface area contributed by atoms with E-state index in [1.807, 2.05) is 13.0 Å². The molecule has 1 aromatic carbocycles. The van der Waals surface area contributed by atoms with E-state index in [0.717, 1.165) is 18.9 Å². The molecule has 0 aliphatic carbocycles. The molecule has 1 aromatic heterocycles. The summed E-state index contributed by atoms with van der Waals surface area (Å²) in [5, 5.41) is 2.70. The third-order valence-corrected chi connectivity index (χ3v) is 4.21. The predicted octanol–water partition coefficient (Wildman–Crippen LogP) is 2.72. The summed E-state index contributed by atoms with van der Waals surface area (Å²) in [6.07, 6.45) is 3.60. The van der Waals surface area contributed by atoms with Gasteiger partial charge in [-0.2, -0.15) is 4.98 Å². The lowest BCUT2D eigenvalue weighted by atomic mass is 10.1. The quantitative estimate of drug-likeness (QED) is 0.804. The molecule has 0 bridgehead atoms. The van der Waals surface area contributed by atoms with E-state index in [1.54, 1.807) is 6.07 Å². The van der Waals surface area contributed by atoms with Gasteiger partial charge in [-0.05, 0) is 44.4 Å². The Hall–Kier alpha value is -2.70. The van der Waals surface area contributed by atoms with Crippen molar-refractivity contribution >= 4 is 11.7 Å². The molecule has 0 unspecified atom stereocenters. The zero-order valence-electron chi connectivity index (χ0n) is 14.9. The highest BCUT2D eigenvalue weighted by Gasteiger charge is 2.14. The van der Waals surface area contributed by atoms with Crippen LogP contribution >= 0.6 is 0 Å². The molecule has 2 heterocycles. The minimum Gasteiger partial charge on any atom is -0.476 e. The van der Waals surface area contributed by atoms with E-state index in [-0.39, 0.29) is 18.1 Å². The van der Waals surface area contributed by atoms with Crippen LogP contribution in [0.2, 0.25) is 0 Å². The Labute approximate surface area is 152 Å². The summed E-state index contributed by atoms with van der Waals surface area (Å²) in [7, 11) is 0. The summed E-state index contributed by atoms with van der Waals surface area (Å²) in [6, 6.07) is 7.42. The molecular formula is C19H23FN4O2. The number of halogens is 1. The Balaban J connectivity index is 1.51. The predicted molar refractivity (Wildman–Crippen MR) is 97.1 cm³/mol. The number of amides is 1. The van der Waals surface area contributed by atoms with Crippen molar-refractivity contribution in [1.82, 2.24) is 15.3 Å². The van der Waals surface area contributed by atoms with E-state index in [4.69, 9.17) is 4.74 Å². The van der Waals surface area contributed by atoms with E-state index in [0.29, 0.717) is 18.2 Å². The van der Waals surface area contributed by atoms with E-state index in [1.165, 1.54) is 37.5 Å². The SMILES string of the molecule is Cc1nc(OCCNC(=O)c2cccc(F)c2)cc(N2CCCCC2)n1. The number of carbonyl (C=O) groups is 1. The fourth-order valence-electron chi connectivity index (χ4n) is 2.94. The van der Waals surface area contributed by atoms with Crippen molar-refractivity contribution in [2.45, 2.75) is 26.2 Å². The van der Waals surface area contributed by atoms with Crippen molar-refractivity contribution in [3.8, 4) is 5.88 Å². The molecule has 0 spiro atoms. The van der Waals surface area contributed by atoms with Crippen LogP contribution in [0, 0.1) is 12.7 Å². The van der Waals surface area contributed by atoms with Crippen LogP contribution in [0.1, 0.15) is 35.4 Å². The molecule has 1 aliphatic rings. The fraction of sp³-hybridized carbons (Fsp3) is 0.421. The Morgan fingerprint density at radius 1 is 1.23 bits per heavy atom. The van der Waals surface area contributed by atoms with Gasteiger partial charge in [0.05, 0.1) is 6.54 Å². The van der Waals surface area contributed by atoms with Crippen molar-refractivity contribution in [2.24, 2.45) is 0 Å². The Kier molecular flexibility index (Phi) is 5.99. The first-order valence-corrected chi connectivity index (χ1v) is 8.89. The second-order valence-electron chi connectivity index (χ2n) is 6.27. The number of benzene rings is 1. The van der Waals surface area contributed by atoms with Gasteiger partial charge in [-0.1, -0.05) is 6.07 Å². The Morgan fingerprint density at radius 3 is 2.81 bits per heavy atom. The molecule has 0 atom stereocenters. The Morgan fingerprint density at radius 2 is 2.04 bits per heavy atom. The van der Waals surface area contributed by atoms with Gasteiger partial charge in [0, 0.05) is 24.7 Å². The number of aromatic nitrogens is 2. The van der Waals surface area contributed by atoms with E-state index in [9.17, 15) is 9.18 Å². The van der Waals surface area contributed by atoms with Crippen LogP contribution in [-0.4, -0.2) is 42.1 Å². The lowest BCUT2D eigenvalue weighted by Gasteiger charge is -2.28. The van der Waals surface area contributed by atoms with Crippen LogP contribution in [0.3, 0.4) is 0 Å². The standard InChI is InChI=1S/C19H23FN4O2/c1-14-22-17(24-9-3-2-4-10-24)13-18(23-14)26-11-8-21-19(25)15-6-5-7-16(20)12-15/h5-7,12-13H,2-4,8-11H2,1H3,(H,21,25). The second kappa shape index (κ2) is 8.60. The lowest BCUT2D eigenvalue weighted by Crippen LogP contribution is -2.30. The number of carbonyl (C=O) groups excluding carboxylic acids is 1. The molecule has 1 amide bonds. The van der Waals surface area contributed by atoms with E-state index < -0.39 is 5.82 Å². The van der Waals surface area contributed by atoms with Crippen LogP contribution in [0.4, 0.5) is 10.2 Å². The average molecular weight is 358 g/mol. The van der Waals surface area contributed by atoms with Crippen LogP contribution in [-0.2, 0) is 0 Å². The van der Waals surface area contributed by atoms with Gasteiger partial charge in [0.2, 0.25) is 5.88 Å². The molecule has 138 valence electrons. The van der Waals surface area contributed by atoms with Crippen molar-refractivity contribution in [2.75, 3.05) is 31.1 Å². The molecule has 26 heavy (non-hydrogen) atoms. The molecule has 1 aliphatic heterocycles. The fourth-order valence-corrected chi connectivity index (χ4v) is 2.94. The average Bonchev–Trinajstić information content (AvgIpc) is 2.65. The highest BCUT2D eigenvalue weighted by Crippen LogP contribution is 2.21. The van der Waals surface area contributed by atoms with Crippen molar-refractivity contribution in [3.63, 3.8) is 0 Å². The Bertz CT molecular complexity index is 763. The summed E-state index contributed by atoms with van der Waals surface area (Å²) in [6.45, 7) is 4.42. The van der Waals surface area contributed by atoms with Gasteiger partial charge < -0.3 is 15.0 Å². The first-order chi connectivity index (χ1) is 12.6. The molecular weight excluding hydrogens is 335 g/mol. The van der Waals surface area contributed by atoms with Crippen molar-refractivity contribution < 1.29 is 13.9 Å². The van der Waals surface area contributed by atoms with Gasteiger partial charge >= 0.3 is 0 Å². The molecule has 2 aromatic rings. The number of hydrogen-bond acceptors (Lipinski definition) is 5. The number of nitrogens with one attached hydrogen (secondary N) is 1.